The Morgan fingerprint density at radius 3 is 3.12 bits per heavy atom. The van der Waals surface area contributed by atoms with Gasteiger partial charge in [-0.15, -0.1) is 0 Å². The first kappa shape index (κ1) is 15.9. The van der Waals surface area contributed by atoms with Gasteiger partial charge >= 0.3 is 0 Å². The second-order valence-corrected chi connectivity index (χ2v) is 7.17. The number of nitrogens with one attached hydrogen (secondary N) is 2. The van der Waals surface area contributed by atoms with Crippen LogP contribution in [-0.4, -0.2) is 46.8 Å². The summed E-state index contributed by atoms with van der Waals surface area (Å²) in [6, 6.07) is 0.418. The molecular formula is C18H29N5O. The summed E-state index contributed by atoms with van der Waals surface area (Å²) in [4.78, 5) is 9.51. The number of hydrogen-bond acceptors (Lipinski definition) is 3. The number of aryl methyl sites for hydroxylation is 2. The Morgan fingerprint density at radius 2 is 2.38 bits per heavy atom. The third kappa shape index (κ3) is 3.43. The normalized spacial score (nSPS) is 28.9. The summed E-state index contributed by atoms with van der Waals surface area (Å²) in [5.74, 6) is 2.17. The van der Waals surface area contributed by atoms with E-state index in [1.165, 1.54) is 37.2 Å². The zero-order valence-electron chi connectivity index (χ0n) is 14.6. The highest BCUT2D eigenvalue weighted by molar-refractivity contribution is 5.80. The molecule has 3 aliphatic rings. The third-order valence-electron chi connectivity index (χ3n) is 5.37. The molecule has 2 N–H and O–H groups in total. The van der Waals surface area contributed by atoms with Gasteiger partial charge < -0.3 is 19.9 Å². The highest BCUT2D eigenvalue weighted by Gasteiger charge is 2.41. The third-order valence-corrected chi connectivity index (χ3v) is 5.37. The molecule has 4 rings (SSSR count). The van der Waals surface area contributed by atoms with Gasteiger partial charge in [-0.2, -0.15) is 0 Å². The molecule has 1 aromatic heterocycles. The smallest absolute Gasteiger partial charge is 0.191 e. The molecule has 0 saturated carbocycles. The number of aliphatic imine (C=N–C) groups is 1. The van der Waals surface area contributed by atoms with Crippen molar-refractivity contribution in [1.82, 2.24) is 20.2 Å². The monoisotopic (exact) mass is 331 g/mol. The van der Waals surface area contributed by atoms with Crippen LogP contribution in [0.5, 0.6) is 0 Å². The number of ether oxygens (including phenoxy) is 1. The van der Waals surface area contributed by atoms with E-state index in [9.17, 15) is 0 Å². The second kappa shape index (κ2) is 7.13. The molecule has 3 unspecified atom stereocenters. The quantitative estimate of drug-likeness (QED) is 0.636. The number of guanidine groups is 1. The van der Waals surface area contributed by atoms with Gasteiger partial charge in [0.2, 0.25) is 0 Å². The SMILES string of the molecule is CCNC(=NCCc1cn2c(n1)CCCC2)NC1CC2CCC1O2. The lowest BCUT2D eigenvalue weighted by molar-refractivity contribution is 0.0992. The number of imidazole rings is 1. The Labute approximate surface area is 144 Å². The molecule has 2 saturated heterocycles. The zero-order valence-corrected chi connectivity index (χ0v) is 14.6. The summed E-state index contributed by atoms with van der Waals surface area (Å²) in [6.45, 7) is 4.89. The van der Waals surface area contributed by atoms with Gasteiger partial charge in [0.05, 0.1) is 23.9 Å². The lowest BCUT2D eigenvalue weighted by Gasteiger charge is -2.22. The van der Waals surface area contributed by atoms with Crippen molar-refractivity contribution in [2.45, 2.75) is 76.7 Å². The molecular weight excluding hydrogens is 302 g/mol. The summed E-state index contributed by atoms with van der Waals surface area (Å²) < 4.78 is 8.24. The van der Waals surface area contributed by atoms with Gasteiger partial charge in [0, 0.05) is 38.7 Å². The van der Waals surface area contributed by atoms with Crippen LogP contribution in [0, 0.1) is 0 Å². The highest BCUT2D eigenvalue weighted by atomic mass is 16.5. The average Bonchev–Trinajstić information content (AvgIpc) is 3.29. The molecule has 3 aliphatic heterocycles. The summed E-state index contributed by atoms with van der Waals surface area (Å²) in [6.07, 6.45) is 11.2. The van der Waals surface area contributed by atoms with Crippen LogP contribution in [0.1, 0.15) is 50.5 Å². The van der Waals surface area contributed by atoms with E-state index in [0.717, 1.165) is 44.9 Å². The van der Waals surface area contributed by atoms with Gasteiger partial charge in [-0.1, -0.05) is 0 Å². The van der Waals surface area contributed by atoms with E-state index in [2.05, 4.69) is 28.3 Å². The average molecular weight is 331 g/mol. The van der Waals surface area contributed by atoms with Crippen LogP contribution in [0.4, 0.5) is 0 Å². The molecule has 2 fully saturated rings. The molecule has 0 aliphatic carbocycles. The highest BCUT2D eigenvalue weighted by Crippen LogP contribution is 2.34. The van der Waals surface area contributed by atoms with E-state index in [1.807, 2.05) is 0 Å². The van der Waals surface area contributed by atoms with Crippen molar-refractivity contribution < 1.29 is 4.74 Å². The molecule has 6 nitrogen and oxygen atoms in total. The Balaban J connectivity index is 1.32. The van der Waals surface area contributed by atoms with Crippen molar-refractivity contribution in [3.63, 3.8) is 0 Å². The number of aromatic nitrogens is 2. The number of nitrogens with zero attached hydrogens (tertiary/aromatic N) is 3. The van der Waals surface area contributed by atoms with Crippen molar-refractivity contribution in [3.8, 4) is 0 Å². The predicted molar refractivity (Wildman–Crippen MR) is 94.3 cm³/mol. The van der Waals surface area contributed by atoms with Crippen LogP contribution in [-0.2, 0) is 24.1 Å². The first-order valence-corrected chi connectivity index (χ1v) is 9.57. The van der Waals surface area contributed by atoms with Crippen LogP contribution < -0.4 is 10.6 Å². The Kier molecular flexibility index (Phi) is 4.74. The maximum absolute atomic E-state index is 5.93. The standard InChI is InChI=1S/C18H29N5O/c1-2-19-18(22-15-11-14-6-7-16(15)24-14)20-9-8-13-12-23-10-4-3-5-17(23)21-13/h12,14-16H,2-11H2,1H3,(H2,19,20,22). The summed E-state index contributed by atoms with van der Waals surface area (Å²) in [5, 5.41) is 6.93. The van der Waals surface area contributed by atoms with Gasteiger partial charge in [-0.3, -0.25) is 4.99 Å². The van der Waals surface area contributed by atoms with E-state index in [4.69, 9.17) is 14.7 Å². The zero-order chi connectivity index (χ0) is 16.4. The molecule has 0 spiro atoms. The first-order valence-electron chi connectivity index (χ1n) is 9.57. The van der Waals surface area contributed by atoms with Crippen molar-refractivity contribution >= 4 is 5.96 Å². The molecule has 0 amide bonds. The lowest BCUT2D eigenvalue weighted by atomic mass is 9.96. The fraction of sp³-hybridized carbons (Fsp3) is 0.778. The Morgan fingerprint density at radius 1 is 1.42 bits per heavy atom. The van der Waals surface area contributed by atoms with Crippen LogP contribution in [0.2, 0.25) is 0 Å². The van der Waals surface area contributed by atoms with E-state index in [-0.39, 0.29) is 0 Å². The van der Waals surface area contributed by atoms with Crippen molar-refractivity contribution in [3.05, 3.63) is 17.7 Å². The topological polar surface area (TPSA) is 63.5 Å². The Bertz CT molecular complexity index is 573. The van der Waals surface area contributed by atoms with E-state index in [0.29, 0.717) is 18.2 Å². The van der Waals surface area contributed by atoms with Gasteiger partial charge in [0.15, 0.2) is 5.96 Å². The van der Waals surface area contributed by atoms with Crippen LogP contribution in [0.25, 0.3) is 0 Å². The summed E-state index contributed by atoms with van der Waals surface area (Å²) in [5.41, 5.74) is 1.18. The van der Waals surface area contributed by atoms with Crippen molar-refractivity contribution in [1.29, 1.82) is 0 Å². The number of rotatable bonds is 5. The molecule has 4 heterocycles. The van der Waals surface area contributed by atoms with E-state index < -0.39 is 0 Å². The number of hydrogen-bond donors (Lipinski definition) is 2. The minimum absolute atomic E-state index is 0.374. The molecule has 0 radical (unpaired) electrons. The molecule has 1 aromatic rings. The van der Waals surface area contributed by atoms with Crippen molar-refractivity contribution in [2.75, 3.05) is 13.1 Å². The summed E-state index contributed by atoms with van der Waals surface area (Å²) in [7, 11) is 0. The maximum Gasteiger partial charge on any atom is 0.191 e. The van der Waals surface area contributed by atoms with Gasteiger partial charge in [0.25, 0.3) is 0 Å². The van der Waals surface area contributed by atoms with Crippen molar-refractivity contribution in [2.24, 2.45) is 4.99 Å². The van der Waals surface area contributed by atoms with Crippen LogP contribution in [0.15, 0.2) is 11.2 Å². The Hall–Kier alpha value is -1.56. The van der Waals surface area contributed by atoms with E-state index >= 15 is 0 Å². The van der Waals surface area contributed by atoms with Gasteiger partial charge in [-0.25, -0.2) is 4.98 Å². The van der Waals surface area contributed by atoms with E-state index in [1.54, 1.807) is 0 Å². The second-order valence-electron chi connectivity index (χ2n) is 7.17. The molecule has 2 bridgehead atoms. The molecule has 3 atom stereocenters. The molecule has 6 heteroatoms. The predicted octanol–water partition coefficient (Wildman–Crippen LogP) is 1.64. The largest absolute Gasteiger partial charge is 0.373 e. The minimum Gasteiger partial charge on any atom is -0.373 e. The fourth-order valence-electron chi connectivity index (χ4n) is 4.16. The summed E-state index contributed by atoms with van der Waals surface area (Å²) >= 11 is 0. The molecule has 0 aromatic carbocycles. The number of fused-ring (bicyclic) bond motifs is 3. The molecule has 24 heavy (non-hydrogen) atoms. The van der Waals surface area contributed by atoms with Gasteiger partial charge in [0.1, 0.15) is 5.82 Å². The first-order chi connectivity index (χ1) is 11.8. The minimum atomic E-state index is 0.374. The van der Waals surface area contributed by atoms with Crippen LogP contribution >= 0.6 is 0 Å². The maximum atomic E-state index is 5.93. The lowest BCUT2D eigenvalue weighted by Crippen LogP contribution is -2.47. The fourth-order valence-corrected chi connectivity index (χ4v) is 4.16. The molecule has 132 valence electrons. The van der Waals surface area contributed by atoms with Gasteiger partial charge in [-0.05, 0) is 39.0 Å². The van der Waals surface area contributed by atoms with Crippen LogP contribution in [0.3, 0.4) is 0 Å².